The quantitative estimate of drug-likeness (QED) is 0.0255. The fourth-order valence-electron chi connectivity index (χ4n) is 6.66. The molecule has 0 aromatic carbocycles. The van der Waals surface area contributed by atoms with Crippen molar-refractivity contribution in [2.75, 3.05) is 38.7 Å². The Morgan fingerprint density at radius 2 is 0.644 bits per heavy atom. The first-order valence-electron chi connectivity index (χ1n) is 23.4. The summed E-state index contributed by atoms with van der Waals surface area (Å²) in [4.78, 5) is 27.0. The number of hydrogen-bond acceptors (Lipinski definition) is 8. The van der Waals surface area contributed by atoms with Crippen molar-refractivity contribution < 1.29 is 35.5 Å². The van der Waals surface area contributed by atoms with Crippen LogP contribution < -0.4 is 0 Å². The molecule has 13 heteroatoms. The molecule has 344 valence electrons. The second-order valence-corrected chi connectivity index (χ2v) is 19.4. The van der Waals surface area contributed by atoms with E-state index in [9.17, 15) is 35.5 Å². The number of carbonyl (C=O) groups is 2. The summed E-state index contributed by atoms with van der Waals surface area (Å²) < 4.78 is 63.2. The molecule has 59 heavy (non-hydrogen) atoms. The van der Waals surface area contributed by atoms with Gasteiger partial charge in [-0.05, 0) is 63.5 Å². The van der Waals surface area contributed by atoms with Gasteiger partial charge in [0.2, 0.25) is 11.8 Å². The molecule has 2 amide bonds. The average molecular weight is 901 g/mol. The van der Waals surface area contributed by atoms with E-state index in [2.05, 4.69) is 13.8 Å². The summed E-state index contributed by atoms with van der Waals surface area (Å²) in [5.41, 5.74) is 0. The SMILES string of the molecule is CCCCCCCCCCCCCCC/C=C/C(=O)N(C)CCCCS(=O)(=O)[O-].CCCCCCCCCCCCCCC/C=C/C(=O)N(C)CCCCS(=O)(=O)[O-].[Ca+2]. The predicted octanol–water partition coefficient (Wildman–Crippen LogP) is 11.2. The Morgan fingerprint density at radius 3 is 0.881 bits per heavy atom. The topological polar surface area (TPSA) is 155 Å². The molecule has 0 unspecified atom stereocenters. The predicted molar refractivity (Wildman–Crippen MR) is 248 cm³/mol. The van der Waals surface area contributed by atoms with E-state index in [4.69, 9.17) is 0 Å². The molecular formula is C46H88CaN2O8S2. The minimum absolute atomic E-state index is 0. The fourth-order valence-corrected chi connectivity index (χ4v) is 7.77. The molecule has 0 spiro atoms. The molecule has 0 atom stereocenters. The van der Waals surface area contributed by atoms with E-state index >= 15 is 0 Å². The zero-order chi connectivity index (χ0) is 43.6. The van der Waals surface area contributed by atoms with E-state index in [-0.39, 0.29) is 61.1 Å². The van der Waals surface area contributed by atoms with Crippen LogP contribution in [0.3, 0.4) is 0 Å². The minimum atomic E-state index is -4.15. The first-order chi connectivity index (χ1) is 27.7. The molecule has 0 aromatic heterocycles. The maximum atomic E-state index is 11.9. The second-order valence-electron chi connectivity index (χ2n) is 16.3. The summed E-state index contributed by atoms with van der Waals surface area (Å²) in [5, 5.41) is 0. The summed E-state index contributed by atoms with van der Waals surface area (Å²) >= 11 is 0. The Hall–Kier alpha value is -0.500. The van der Waals surface area contributed by atoms with E-state index in [1.54, 1.807) is 36.0 Å². The smallest absolute Gasteiger partial charge is 0.748 e. The van der Waals surface area contributed by atoms with Crippen LogP contribution >= 0.6 is 0 Å². The number of rotatable bonds is 40. The van der Waals surface area contributed by atoms with E-state index in [1.807, 2.05) is 12.2 Å². The Balaban J connectivity index is -0.00000105. The van der Waals surface area contributed by atoms with Gasteiger partial charge < -0.3 is 18.9 Å². The summed E-state index contributed by atoms with van der Waals surface area (Å²) in [6.45, 7) is 5.46. The number of hydrogen-bond donors (Lipinski definition) is 0. The number of allylic oxidation sites excluding steroid dienone is 2. The number of carbonyl (C=O) groups excluding carboxylic acids is 2. The van der Waals surface area contributed by atoms with Crippen LogP contribution in [0, 0.1) is 0 Å². The van der Waals surface area contributed by atoms with Crippen LogP contribution in [-0.2, 0) is 29.8 Å². The van der Waals surface area contributed by atoms with Crippen molar-refractivity contribution in [3.63, 3.8) is 0 Å². The molecule has 0 heterocycles. The van der Waals surface area contributed by atoms with Crippen LogP contribution in [0.15, 0.2) is 24.3 Å². The molecule has 0 saturated carbocycles. The van der Waals surface area contributed by atoms with Gasteiger partial charge in [-0.15, -0.1) is 0 Å². The van der Waals surface area contributed by atoms with E-state index in [0.29, 0.717) is 38.8 Å². The third-order valence-corrected chi connectivity index (χ3v) is 12.1. The maximum absolute atomic E-state index is 11.9. The van der Waals surface area contributed by atoms with Crippen molar-refractivity contribution in [1.29, 1.82) is 0 Å². The Kier molecular flexibility index (Phi) is 48.4. The van der Waals surface area contributed by atoms with Crippen molar-refractivity contribution in [2.45, 2.75) is 219 Å². The second kappa shape index (κ2) is 45.5. The molecule has 0 fully saturated rings. The van der Waals surface area contributed by atoms with E-state index in [0.717, 1.165) is 25.7 Å². The number of likely N-dealkylation sites (N-methyl/N-ethyl adjacent to an activating group) is 2. The largest absolute Gasteiger partial charge is 2.00 e. The van der Waals surface area contributed by atoms with Gasteiger partial charge in [0.15, 0.2) is 0 Å². The van der Waals surface area contributed by atoms with E-state index < -0.39 is 20.2 Å². The fraction of sp³-hybridized carbons (Fsp3) is 0.870. The van der Waals surface area contributed by atoms with Gasteiger partial charge in [0.1, 0.15) is 0 Å². The third kappa shape index (κ3) is 53.6. The van der Waals surface area contributed by atoms with Gasteiger partial charge in [-0.3, -0.25) is 9.59 Å². The number of unbranched alkanes of at least 4 members (excludes halogenated alkanes) is 28. The van der Waals surface area contributed by atoms with Crippen LogP contribution in [0.4, 0.5) is 0 Å². The summed E-state index contributed by atoms with van der Waals surface area (Å²) in [7, 11) is -4.90. The summed E-state index contributed by atoms with van der Waals surface area (Å²) in [5.74, 6) is -0.845. The van der Waals surface area contributed by atoms with Gasteiger partial charge in [0.25, 0.3) is 0 Å². The van der Waals surface area contributed by atoms with Gasteiger partial charge in [-0.25, -0.2) is 16.8 Å². The van der Waals surface area contributed by atoms with Crippen LogP contribution in [-0.4, -0.2) is 124 Å². The monoisotopic (exact) mass is 901 g/mol. The van der Waals surface area contributed by atoms with Gasteiger partial charge in [-0.1, -0.05) is 180 Å². The van der Waals surface area contributed by atoms with Gasteiger partial charge in [0, 0.05) is 38.7 Å². The first kappa shape index (κ1) is 62.8. The molecule has 0 aliphatic carbocycles. The molecule has 0 rings (SSSR count). The van der Waals surface area contributed by atoms with Gasteiger partial charge in [-0.2, -0.15) is 0 Å². The maximum Gasteiger partial charge on any atom is 2.00 e. The molecule has 0 N–H and O–H groups in total. The van der Waals surface area contributed by atoms with Crippen LogP contribution in [0.2, 0.25) is 0 Å². The molecule has 0 radical (unpaired) electrons. The molecular weight excluding hydrogens is 813 g/mol. The average Bonchev–Trinajstić information content (AvgIpc) is 3.17. The van der Waals surface area contributed by atoms with Gasteiger partial charge >= 0.3 is 37.7 Å². The molecule has 0 bridgehead atoms. The van der Waals surface area contributed by atoms with Crippen LogP contribution in [0.25, 0.3) is 0 Å². The van der Waals surface area contributed by atoms with Crippen LogP contribution in [0.1, 0.15) is 219 Å². The molecule has 10 nitrogen and oxygen atoms in total. The van der Waals surface area contributed by atoms with Crippen molar-refractivity contribution in [3.8, 4) is 0 Å². The van der Waals surface area contributed by atoms with Crippen molar-refractivity contribution in [3.05, 3.63) is 24.3 Å². The third-order valence-electron chi connectivity index (χ3n) is 10.5. The van der Waals surface area contributed by atoms with Crippen molar-refractivity contribution in [2.24, 2.45) is 0 Å². The zero-order valence-electron chi connectivity index (χ0n) is 38.4. The van der Waals surface area contributed by atoms with Crippen molar-refractivity contribution in [1.82, 2.24) is 9.80 Å². The van der Waals surface area contributed by atoms with Gasteiger partial charge in [0.05, 0.1) is 20.2 Å². The van der Waals surface area contributed by atoms with Crippen LogP contribution in [0.5, 0.6) is 0 Å². The zero-order valence-corrected chi connectivity index (χ0v) is 42.3. The molecule has 0 aliphatic heterocycles. The number of nitrogens with zero attached hydrogens (tertiary/aromatic N) is 2. The standard InChI is InChI=1S/2C23H45NO4S.Ca/c2*1-3-4-5-6-7-8-9-10-11-12-13-14-15-16-17-20-23(25)24(2)21-18-19-22-29(26,27)28;/h2*17,20H,3-16,18-19,21-22H2,1-2H3,(H,26,27,28);/q;;+2/p-2/b2*20-17+;. The minimum Gasteiger partial charge on any atom is -0.748 e. The molecule has 0 aliphatic rings. The molecule has 0 aromatic rings. The summed E-state index contributed by atoms with van der Waals surface area (Å²) in [6.07, 6.45) is 45.3. The Morgan fingerprint density at radius 1 is 0.407 bits per heavy atom. The summed E-state index contributed by atoms with van der Waals surface area (Å²) in [6, 6.07) is 0. The molecule has 0 saturated heterocycles. The Labute approximate surface area is 394 Å². The first-order valence-corrected chi connectivity index (χ1v) is 26.6. The van der Waals surface area contributed by atoms with E-state index in [1.165, 1.54) is 154 Å². The normalized spacial score (nSPS) is 11.8. The van der Waals surface area contributed by atoms with Crippen molar-refractivity contribution >= 4 is 69.8 Å². The number of amides is 2. The Bertz CT molecular complexity index is 1140.